The van der Waals surface area contributed by atoms with Crippen LogP contribution < -0.4 is 10.6 Å². The van der Waals surface area contributed by atoms with Crippen molar-refractivity contribution in [3.05, 3.63) is 46.4 Å². The Bertz CT molecular complexity index is 720. The van der Waals surface area contributed by atoms with Gasteiger partial charge in [0.1, 0.15) is 0 Å². The van der Waals surface area contributed by atoms with E-state index in [1.165, 1.54) is 7.05 Å². The van der Waals surface area contributed by atoms with Crippen LogP contribution in [0.3, 0.4) is 0 Å². The molecule has 0 saturated heterocycles. The van der Waals surface area contributed by atoms with Gasteiger partial charge >= 0.3 is 11.6 Å². The zero-order valence-corrected chi connectivity index (χ0v) is 11.7. The van der Waals surface area contributed by atoms with Crippen LogP contribution in [0.4, 0.5) is 5.69 Å². The topological polar surface area (TPSA) is 120 Å². The third-order valence-electron chi connectivity index (χ3n) is 2.49. The smallest absolute Gasteiger partial charge is 0.360 e. The van der Waals surface area contributed by atoms with Crippen LogP contribution in [0.5, 0.6) is 0 Å². The van der Waals surface area contributed by atoms with E-state index in [0.717, 1.165) is 11.5 Å². The number of nitrogens with one attached hydrogen (secondary N) is 2. The summed E-state index contributed by atoms with van der Waals surface area (Å²) in [7, 11) is 1.42. The maximum atomic E-state index is 12.1. The minimum atomic E-state index is -0.667. The molecule has 2 amide bonds. The number of hydrogen-bond donors (Lipinski definition) is 2. The van der Waals surface area contributed by atoms with Gasteiger partial charge in [-0.15, -0.1) is 5.10 Å². The molecule has 2 aromatic rings. The first-order chi connectivity index (χ1) is 10.2. The van der Waals surface area contributed by atoms with Crippen molar-refractivity contribution >= 4 is 34.7 Å². The summed E-state index contributed by atoms with van der Waals surface area (Å²) >= 11 is 0.791. The molecule has 0 bridgehead atoms. The summed E-state index contributed by atoms with van der Waals surface area (Å²) in [5.41, 5.74) is 9.20. The molecular weight excluding hydrogens is 292 g/mol. The molecule has 0 radical (unpaired) electrons. The highest BCUT2D eigenvalue weighted by molar-refractivity contribution is 7.09. The lowest BCUT2D eigenvalue weighted by Crippen LogP contribution is -2.27. The van der Waals surface area contributed by atoms with Crippen LogP contribution in [0.25, 0.3) is 5.53 Å². The summed E-state index contributed by atoms with van der Waals surface area (Å²) in [6.07, 6.45) is 0. The first-order valence-corrected chi connectivity index (χ1v) is 6.58. The molecule has 0 fully saturated rings. The van der Waals surface area contributed by atoms with Crippen LogP contribution in [-0.4, -0.2) is 39.0 Å². The molecule has 106 valence electrons. The molecule has 0 saturated carbocycles. The first kappa shape index (κ1) is 14.5. The molecule has 0 aliphatic rings. The summed E-state index contributed by atoms with van der Waals surface area (Å²) < 4.78 is 3.61. The third-order valence-corrected chi connectivity index (χ3v) is 3.22. The third kappa shape index (κ3) is 3.16. The van der Waals surface area contributed by atoms with E-state index < -0.39 is 11.8 Å². The van der Waals surface area contributed by atoms with Crippen LogP contribution >= 0.6 is 11.5 Å². The second kappa shape index (κ2) is 6.51. The number of carbonyl (C=O) groups is 2. The highest BCUT2D eigenvalue weighted by atomic mass is 32.1. The largest absolute Gasteiger partial charge is 0.400 e. The number of nitrogens with zero attached hydrogens (tertiary/aromatic N) is 4. The van der Waals surface area contributed by atoms with Gasteiger partial charge < -0.3 is 16.2 Å². The standard InChI is InChI=1S/C12H10N6O2S/c1-14-11(19)9-10(21-18-17-9)8(16-13)12(20)15-7-5-3-2-4-6-7/h2-6H,1H3,(H,14,19)(H,15,20). The molecule has 9 heteroatoms. The van der Waals surface area contributed by atoms with E-state index in [9.17, 15) is 9.59 Å². The minimum Gasteiger partial charge on any atom is -0.360 e. The fourth-order valence-electron chi connectivity index (χ4n) is 1.52. The van der Waals surface area contributed by atoms with Gasteiger partial charge in [0.15, 0.2) is 10.6 Å². The summed E-state index contributed by atoms with van der Waals surface area (Å²) in [5, 5.41) is 8.56. The lowest BCUT2D eigenvalue weighted by Gasteiger charge is -2.01. The number of amides is 2. The molecule has 8 nitrogen and oxygen atoms in total. The van der Waals surface area contributed by atoms with Crippen molar-refractivity contribution in [3.63, 3.8) is 0 Å². The highest BCUT2D eigenvalue weighted by Gasteiger charge is 2.31. The fourth-order valence-corrected chi connectivity index (χ4v) is 2.16. The fraction of sp³-hybridized carbons (Fsp3) is 0.0833. The molecular formula is C12H10N6O2S. The van der Waals surface area contributed by atoms with Gasteiger partial charge in [0.05, 0.1) is 0 Å². The summed E-state index contributed by atoms with van der Waals surface area (Å²) in [6, 6.07) is 8.65. The van der Waals surface area contributed by atoms with Crippen LogP contribution in [0.15, 0.2) is 30.3 Å². The van der Waals surface area contributed by atoms with Gasteiger partial charge in [-0.1, -0.05) is 22.7 Å². The average molecular weight is 302 g/mol. The van der Waals surface area contributed by atoms with Gasteiger partial charge in [-0.05, 0) is 23.7 Å². The van der Waals surface area contributed by atoms with E-state index in [2.05, 4.69) is 25.0 Å². The van der Waals surface area contributed by atoms with Gasteiger partial charge in [0.2, 0.25) is 0 Å². The van der Waals surface area contributed by atoms with Gasteiger partial charge in [0.25, 0.3) is 5.91 Å². The lowest BCUT2D eigenvalue weighted by atomic mass is 10.2. The van der Waals surface area contributed by atoms with Crippen LogP contribution in [0.1, 0.15) is 15.4 Å². The van der Waals surface area contributed by atoms with Gasteiger partial charge in [-0.3, -0.25) is 9.59 Å². The number of benzene rings is 1. The van der Waals surface area contributed by atoms with Crippen molar-refractivity contribution in [2.24, 2.45) is 0 Å². The number of aromatic nitrogens is 2. The molecule has 0 aliphatic heterocycles. The van der Waals surface area contributed by atoms with E-state index in [1.807, 2.05) is 0 Å². The summed E-state index contributed by atoms with van der Waals surface area (Å²) in [4.78, 5) is 26.8. The quantitative estimate of drug-likeness (QED) is 0.487. The van der Waals surface area contributed by atoms with Gasteiger partial charge in [-0.2, -0.15) is 4.79 Å². The Labute approximate surface area is 123 Å². The van der Waals surface area contributed by atoms with Gasteiger partial charge in [0, 0.05) is 12.7 Å². The van der Waals surface area contributed by atoms with E-state index in [0.29, 0.717) is 5.69 Å². The number of anilines is 1. The number of hydrogen-bond acceptors (Lipinski definition) is 5. The van der Waals surface area contributed by atoms with E-state index >= 15 is 0 Å². The molecule has 0 atom stereocenters. The van der Waals surface area contributed by atoms with Crippen LogP contribution in [0.2, 0.25) is 0 Å². The molecule has 2 N–H and O–H groups in total. The normalized spacial score (nSPS) is 9.57. The van der Waals surface area contributed by atoms with Gasteiger partial charge in [-0.25, -0.2) is 0 Å². The van der Waals surface area contributed by atoms with Crippen molar-refractivity contribution in [2.45, 2.75) is 0 Å². The SMILES string of the molecule is CNC(=O)c1nnsc1C(=[N+]=[N-])C(=O)Nc1ccccc1. The Morgan fingerprint density at radius 1 is 1.29 bits per heavy atom. The average Bonchev–Trinajstić information content (AvgIpc) is 2.97. The van der Waals surface area contributed by atoms with Crippen molar-refractivity contribution < 1.29 is 14.4 Å². The summed E-state index contributed by atoms with van der Waals surface area (Å²) in [6.45, 7) is 0. The molecule has 1 heterocycles. The highest BCUT2D eigenvalue weighted by Crippen LogP contribution is 2.13. The zero-order valence-electron chi connectivity index (χ0n) is 10.9. The van der Waals surface area contributed by atoms with Crippen LogP contribution in [0, 0.1) is 0 Å². The van der Waals surface area contributed by atoms with Crippen LogP contribution in [-0.2, 0) is 4.79 Å². The van der Waals surface area contributed by atoms with E-state index in [-0.39, 0.29) is 16.3 Å². The molecule has 0 spiro atoms. The van der Waals surface area contributed by atoms with Crippen molar-refractivity contribution in [1.29, 1.82) is 0 Å². The summed E-state index contributed by atoms with van der Waals surface area (Å²) in [5.74, 6) is -1.19. The molecule has 0 aliphatic carbocycles. The minimum absolute atomic E-state index is 0.0708. The first-order valence-electron chi connectivity index (χ1n) is 5.80. The molecule has 1 aromatic carbocycles. The zero-order chi connectivity index (χ0) is 15.2. The number of rotatable bonds is 4. The Kier molecular flexibility index (Phi) is 4.50. The predicted octanol–water partition coefficient (Wildman–Crippen LogP) is 0.555. The number of para-hydroxylation sites is 1. The van der Waals surface area contributed by atoms with Crippen molar-refractivity contribution in [3.8, 4) is 0 Å². The molecule has 21 heavy (non-hydrogen) atoms. The lowest BCUT2D eigenvalue weighted by molar-refractivity contribution is -0.114. The Morgan fingerprint density at radius 3 is 2.62 bits per heavy atom. The van der Waals surface area contributed by atoms with Crippen molar-refractivity contribution in [1.82, 2.24) is 14.9 Å². The second-order valence-electron chi connectivity index (χ2n) is 3.80. The predicted molar refractivity (Wildman–Crippen MR) is 76.1 cm³/mol. The molecule has 0 unspecified atom stereocenters. The Hall–Kier alpha value is -2.90. The Morgan fingerprint density at radius 2 is 2.00 bits per heavy atom. The van der Waals surface area contributed by atoms with Crippen molar-refractivity contribution in [2.75, 3.05) is 12.4 Å². The van der Waals surface area contributed by atoms with E-state index in [4.69, 9.17) is 5.53 Å². The molecule has 1 aromatic heterocycles. The Balaban J connectivity index is 2.29. The van der Waals surface area contributed by atoms with E-state index in [1.54, 1.807) is 30.3 Å². The second-order valence-corrected chi connectivity index (χ2v) is 4.55. The molecule has 2 rings (SSSR count). The monoisotopic (exact) mass is 302 g/mol. The maximum Gasteiger partial charge on any atom is 0.400 e. The number of carbonyl (C=O) groups excluding carboxylic acids is 2. The maximum absolute atomic E-state index is 12.1.